The summed E-state index contributed by atoms with van der Waals surface area (Å²) < 4.78 is 18.2. The van der Waals surface area contributed by atoms with Crippen molar-refractivity contribution < 1.29 is 28.7 Å². The molecule has 4 N–H and O–H groups in total. The normalized spacial score (nSPS) is 18.0. The third-order valence-electron chi connectivity index (χ3n) is 14.8. The quantitative estimate of drug-likeness (QED) is 0.0725. The summed E-state index contributed by atoms with van der Waals surface area (Å²) >= 11 is 0. The fourth-order valence-corrected chi connectivity index (χ4v) is 10.7. The number of nitrogens with zero attached hydrogens (tertiary/aromatic N) is 7. The number of carbonyl (C=O) groups is 4. The molecule has 0 spiro atoms. The summed E-state index contributed by atoms with van der Waals surface area (Å²) in [7, 11) is 1.61. The van der Waals surface area contributed by atoms with E-state index in [9.17, 15) is 33.9 Å². The summed E-state index contributed by atoms with van der Waals surface area (Å²) in [6, 6.07) is 18.1. The molecule has 2 saturated heterocycles. The first-order valence-electron chi connectivity index (χ1n) is 25.2. The van der Waals surface area contributed by atoms with Gasteiger partial charge in [-0.2, -0.15) is 0 Å². The number of nitrogens with one attached hydrogen (secondary N) is 3. The minimum absolute atomic E-state index is 0.0124. The zero-order valence-corrected chi connectivity index (χ0v) is 41.2. The van der Waals surface area contributed by atoms with Gasteiger partial charge in [0.05, 0.1) is 46.4 Å². The molecule has 4 amide bonds. The maximum Gasteiger partial charge on any atom is 0.293 e. The molecule has 18 heteroatoms. The number of aliphatic hydroxyl groups is 1. The van der Waals surface area contributed by atoms with E-state index in [2.05, 4.69) is 49.6 Å². The Balaban J connectivity index is 0.704. The van der Waals surface area contributed by atoms with Crippen LogP contribution < -0.4 is 32.0 Å². The number of carbonyl (C=O) groups excluding carboxylic acids is 4. The van der Waals surface area contributed by atoms with Crippen LogP contribution in [0.25, 0.3) is 27.7 Å². The third kappa shape index (κ3) is 10.0. The second kappa shape index (κ2) is 20.5. The fourth-order valence-electron chi connectivity index (χ4n) is 10.7. The van der Waals surface area contributed by atoms with Crippen LogP contribution in [0, 0.1) is 17.7 Å². The predicted octanol–water partition coefficient (Wildman–Crippen LogP) is 6.48. The van der Waals surface area contributed by atoms with Crippen LogP contribution in [0.2, 0.25) is 0 Å². The van der Waals surface area contributed by atoms with E-state index in [0.29, 0.717) is 63.7 Å². The highest BCUT2D eigenvalue weighted by Gasteiger charge is 2.45. The van der Waals surface area contributed by atoms with Crippen molar-refractivity contribution in [3.8, 4) is 16.9 Å². The van der Waals surface area contributed by atoms with Gasteiger partial charge in [0.15, 0.2) is 5.82 Å². The van der Waals surface area contributed by atoms with Gasteiger partial charge in [0, 0.05) is 75.4 Å². The SMILES string of the molecule is CC(CCNc1cccc2c1C(=O)N(C1CCC(=O)NC1=O)C2=O)CC(C)CCN1CCN(c2ccc(Nc3nc(-c4cccc(-n5ccc6cc(C7CC7)cc(F)c6c5=O)c4CO)cn(C)c3=O)nc2)CC1. The molecule has 10 rings (SSSR count). The number of benzene rings is 3. The molecule has 73 heavy (non-hydrogen) atoms. The summed E-state index contributed by atoms with van der Waals surface area (Å²) in [5, 5.41) is 19.9. The zero-order valence-electron chi connectivity index (χ0n) is 41.2. The fraction of sp³-hybridized carbons (Fsp3) is 0.382. The van der Waals surface area contributed by atoms with Crippen LogP contribution in [-0.4, -0.2) is 103 Å². The number of aromatic nitrogens is 4. The zero-order chi connectivity index (χ0) is 51.1. The molecular formula is C55H59FN10O7. The van der Waals surface area contributed by atoms with Crippen LogP contribution in [0.5, 0.6) is 0 Å². The number of amides is 4. The molecule has 3 aromatic heterocycles. The number of fused-ring (bicyclic) bond motifs is 2. The number of hydrogen-bond acceptors (Lipinski definition) is 13. The average Bonchev–Trinajstić information content (AvgIpc) is 4.21. The van der Waals surface area contributed by atoms with Gasteiger partial charge >= 0.3 is 0 Å². The first-order chi connectivity index (χ1) is 35.3. The number of piperazine rings is 1. The predicted molar refractivity (Wildman–Crippen MR) is 276 cm³/mol. The number of pyridine rings is 2. The average molecular weight is 991 g/mol. The monoisotopic (exact) mass is 990 g/mol. The number of rotatable bonds is 17. The number of aryl methyl sites for hydroxylation is 1. The highest BCUT2D eigenvalue weighted by atomic mass is 19.1. The lowest BCUT2D eigenvalue weighted by atomic mass is 9.92. The molecule has 1 saturated carbocycles. The van der Waals surface area contributed by atoms with E-state index in [0.717, 1.165) is 81.0 Å². The summed E-state index contributed by atoms with van der Waals surface area (Å²) in [5.41, 5.74) is 3.70. The Hall–Kier alpha value is -7.57. The first kappa shape index (κ1) is 49.0. The molecule has 0 bridgehead atoms. The first-order valence-corrected chi connectivity index (χ1v) is 25.2. The molecule has 6 aromatic rings. The van der Waals surface area contributed by atoms with Crippen LogP contribution in [0.15, 0.2) is 94.9 Å². The molecule has 3 aromatic carbocycles. The number of piperidine rings is 1. The van der Waals surface area contributed by atoms with E-state index < -0.39 is 47.7 Å². The molecular weight excluding hydrogens is 932 g/mol. The number of imide groups is 2. The molecule has 3 aliphatic heterocycles. The molecule has 1 aliphatic carbocycles. The van der Waals surface area contributed by atoms with Crippen molar-refractivity contribution in [3.63, 3.8) is 0 Å². The van der Waals surface area contributed by atoms with Crippen molar-refractivity contribution in [2.45, 2.75) is 77.4 Å². The number of hydrogen-bond donors (Lipinski definition) is 4. The van der Waals surface area contributed by atoms with Crippen LogP contribution in [-0.2, 0) is 23.2 Å². The lowest BCUT2D eigenvalue weighted by Gasteiger charge is -2.36. The van der Waals surface area contributed by atoms with Crippen LogP contribution in [0.3, 0.4) is 0 Å². The Labute approximate surface area is 421 Å². The Morgan fingerprint density at radius 1 is 0.863 bits per heavy atom. The minimum Gasteiger partial charge on any atom is -0.392 e. The largest absolute Gasteiger partial charge is 0.392 e. The third-order valence-corrected chi connectivity index (χ3v) is 14.8. The van der Waals surface area contributed by atoms with E-state index in [1.54, 1.807) is 68.1 Å². The van der Waals surface area contributed by atoms with Gasteiger partial charge < -0.3 is 25.2 Å². The van der Waals surface area contributed by atoms with Gasteiger partial charge in [-0.15, -0.1) is 0 Å². The minimum atomic E-state index is -1.00. The summed E-state index contributed by atoms with van der Waals surface area (Å²) in [6.45, 7) is 9.17. The van der Waals surface area contributed by atoms with Crippen molar-refractivity contribution in [2.24, 2.45) is 18.9 Å². The van der Waals surface area contributed by atoms with Gasteiger partial charge in [0.2, 0.25) is 11.8 Å². The van der Waals surface area contributed by atoms with Gasteiger partial charge in [-0.1, -0.05) is 38.1 Å². The summed E-state index contributed by atoms with van der Waals surface area (Å²) in [6.07, 6.45) is 10.1. The van der Waals surface area contributed by atoms with Gasteiger partial charge in [0.25, 0.3) is 22.9 Å². The van der Waals surface area contributed by atoms with Gasteiger partial charge in [-0.3, -0.25) is 48.5 Å². The van der Waals surface area contributed by atoms with E-state index in [1.807, 2.05) is 18.2 Å². The van der Waals surface area contributed by atoms with Crippen LogP contribution in [0.4, 0.5) is 27.4 Å². The lowest BCUT2D eigenvalue weighted by Crippen LogP contribution is -2.54. The summed E-state index contributed by atoms with van der Waals surface area (Å²) in [4.78, 5) is 93.2. The molecule has 4 aliphatic rings. The molecule has 6 heterocycles. The van der Waals surface area contributed by atoms with Gasteiger partial charge in [-0.05, 0) is 116 Å². The highest BCUT2D eigenvalue weighted by Crippen LogP contribution is 2.41. The van der Waals surface area contributed by atoms with Crippen molar-refractivity contribution in [1.29, 1.82) is 0 Å². The molecule has 3 atom stereocenters. The standard InChI is InChI=1S/C55H59FN10O7/c1-32(16-19-57-42-8-4-7-39-49(42)54(72)66(52(39)70)45-13-15-47(68)61-51(45)69)26-33(2)17-20-63-22-24-64(25-23-63)37-12-14-46(58-29-37)60-50-55(73)62(3)30-43(59-50)38-6-5-9-44(40(38)31-67)65-21-18-35-27-36(34-10-11-34)28-41(56)48(35)53(65)71/h4-9,12,14,18,21,27-30,32-34,45,57,67H,10-11,13,15-17,19-20,22-26,31H2,1-3H3,(H,58,59,60)(H,61,68,69). The topological polar surface area (TPSA) is 204 Å². The second-order valence-corrected chi connectivity index (χ2v) is 20.1. The second-order valence-electron chi connectivity index (χ2n) is 20.1. The van der Waals surface area contributed by atoms with Gasteiger partial charge in [0.1, 0.15) is 17.7 Å². The van der Waals surface area contributed by atoms with E-state index in [-0.39, 0.29) is 40.7 Å². The maximum atomic E-state index is 15.4. The highest BCUT2D eigenvalue weighted by molar-refractivity contribution is 6.25. The maximum absolute atomic E-state index is 15.4. The van der Waals surface area contributed by atoms with Crippen LogP contribution >= 0.6 is 0 Å². The Bertz CT molecular complexity index is 3270. The van der Waals surface area contributed by atoms with Crippen LogP contribution in [0.1, 0.15) is 96.6 Å². The molecule has 378 valence electrons. The van der Waals surface area contributed by atoms with Crippen molar-refractivity contribution in [1.82, 2.24) is 34.2 Å². The molecule has 17 nitrogen and oxygen atoms in total. The Morgan fingerprint density at radius 3 is 2.37 bits per heavy atom. The Kier molecular flexibility index (Phi) is 13.8. The van der Waals surface area contributed by atoms with E-state index >= 15 is 4.39 Å². The molecule has 3 unspecified atom stereocenters. The number of halogens is 1. The molecule has 0 radical (unpaired) electrons. The molecule has 3 fully saturated rings. The van der Waals surface area contributed by atoms with E-state index in [4.69, 9.17) is 0 Å². The van der Waals surface area contributed by atoms with E-state index in [1.165, 1.54) is 15.2 Å². The number of aliphatic hydroxyl groups excluding tert-OH is 1. The van der Waals surface area contributed by atoms with Crippen molar-refractivity contribution >= 4 is 57.4 Å². The van der Waals surface area contributed by atoms with Gasteiger partial charge in [-0.25, -0.2) is 14.4 Å². The number of anilines is 4. The van der Waals surface area contributed by atoms with Crippen molar-refractivity contribution in [2.75, 3.05) is 54.8 Å². The van der Waals surface area contributed by atoms with Crippen molar-refractivity contribution in [3.05, 3.63) is 134 Å². The lowest BCUT2D eigenvalue weighted by molar-refractivity contribution is -0.136. The smallest absolute Gasteiger partial charge is 0.293 e. The summed E-state index contributed by atoms with van der Waals surface area (Å²) in [5.74, 6) is -0.917. The Morgan fingerprint density at radius 2 is 1.63 bits per heavy atom.